The number of alkyl halides is 1. The maximum atomic E-state index is 6.74. The summed E-state index contributed by atoms with van der Waals surface area (Å²) < 4.78 is 3.01. The highest BCUT2D eigenvalue weighted by molar-refractivity contribution is 9.10. The zero-order valence-electron chi connectivity index (χ0n) is 12.6. The molecule has 24 heavy (non-hydrogen) atoms. The second-order valence-corrected chi connectivity index (χ2v) is 8.22. The molecule has 2 nitrogen and oxygen atoms in total. The SMILES string of the molecule is Clc1ccc(C(SCc2ccc(Br)cc2)C(Cl)n2ccnc2)cc1. The van der Waals surface area contributed by atoms with E-state index in [0.29, 0.717) is 0 Å². The Morgan fingerprint density at radius 2 is 1.79 bits per heavy atom. The molecule has 2 unspecified atom stereocenters. The van der Waals surface area contributed by atoms with Crippen LogP contribution < -0.4 is 0 Å². The fraction of sp³-hybridized carbons (Fsp3) is 0.167. The van der Waals surface area contributed by atoms with Crippen LogP contribution in [0.25, 0.3) is 0 Å². The first-order chi connectivity index (χ1) is 11.6. The maximum absolute atomic E-state index is 6.74. The molecule has 1 aromatic heterocycles. The van der Waals surface area contributed by atoms with Gasteiger partial charge in [-0.1, -0.05) is 63.4 Å². The third kappa shape index (κ3) is 4.57. The lowest BCUT2D eigenvalue weighted by molar-refractivity contribution is 0.651. The smallest absolute Gasteiger partial charge is 0.125 e. The summed E-state index contributed by atoms with van der Waals surface area (Å²) in [4.78, 5) is 4.10. The first kappa shape index (κ1) is 17.9. The molecule has 3 rings (SSSR count). The van der Waals surface area contributed by atoms with Crippen molar-refractivity contribution in [2.24, 2.45) is 0 Å². The van der Waals surface area contributed by atoms with E-state index in [4.69, 9.17) is 23.2 Å². The van der Waals surface area contributed by atoms with Gasteiger partial charge in [-0.3, -0.25) is 0 Å². The molecule has 0 radical (unpaired) electrons. The normalized spacial score (nSPS) is 13.6. The van der Waals surface area contributed by atoms with Crippen LogP contribution in [0.1, 0.15) is 21.9 Å². The van der Waals surface area contributed by atoms with E-state index in [-0.39, 0.29) is 10.8 Å². The van der Waals surface area contributed by atoms with Gasteiger partial charge in [-0.15, -0.1) is 11.8 Å². The van der Waals surface area contributed by atoms with Gasteiger partial charge >= 0.3 is 0 Å². The largest absolute Gasteiger partial charge is 0.319 e. The molecule has 0 aliphatic rings. The van der Waals surface area contributed by atoms with Crippen LogP contribution in [0.2, 0.25) is 5.02 Å². The molecule has 0 fully saturated rings. The van der Waals surface area contributed by atoms with E-state index >= 15 is 0 Å². The minimum absolute atomic E-state index is 0.0850. The molecule has 0 saturated carbocycles. The lowest BCUT2D eigenvalue weighted by Crippen LogP contribution is -2.09. The van der Waals surface area contributed by atoms with Crippen molar-refractivity contribution < 1.29 is 0 Å². The summed E-state index contributed by atoms with van der Waals surface area (Å²) in [7, 11) is 0. The van der Waals surface area contributed by atoms with Crippen LogP contribution in [0.15, 0.2) is 71.7 Å². The van der Waals surface area contributed by atoms with Gasteiger partial charge in [0, 0.05) is 27.6 Å². The zero-order chi connectivity index (χ0) is 16.9. The first-order valence-corrected chi connectivity index (χ1v) is 10.0. The highest BCUT2D eigenvalue weighted by Gasteiger charge is 2.23. The molecule has 0 bridgehead atoms. The topological polar surface area (TPSA) is 17.8 Å². The molecule has 0 amide bonds. The third-order valence-corrected chi connectivity index (χ3v) is 6.40. The number of rotatable bonds is 6. The highest BCUT2D eigenvalue weighted by Crippen LogP contribution is 2.43. The van der Waals surface area contributed by atoms with Gasteiger partial charge in [0.05, 0.1) is 11.6 Å². The van der Waals surface area contributed by atoms with Gasteiger partial charge in [-0.25, -0.2) is 4.98 Å². The summed E-state index contributed by atoms with van der Waals surface area (Å²) in [5.41, 5.74) is 2.18. The molecule has 0 spiro atoms. The average molecular weight is 442 g/mol. The van der Waals surface area contributed by atoms with Gasteiger partial charge in [0.1, 0.15) is 5.50 Å². The van der Waals surface area contributed by atoms with E-state index in [1.807, 2.05) is 35.0 Å². The molecular weight excluding hydrogens is 427 g/mol. The molecule has 3 aromatic rings. The molecule has 2 aromatic carbocycles. The monoisotopic (exact) mass is 440 g/mol. The van der Waals surface area contributed by atoms with E-state index in [1.54, 1.807) is 24.3 Å². The fourth-order valence-corrected chi connectivity index (χ4v) is 4.41. The Labute approximate surface area is 164 Å². The van der Waals surface area contributed by atoms with E-state index < -0.39 is 0 Å². The Morgan fingerprint density at radius 1 is 1.08 bits per heavy atom. The lowest BCUT2D eigenvalue weighted by atomic mass is 10.1. The van der Waals surface area contributed by atoms with Crippen molar-refractivity contribution in [2.45, 2.75) is 16.5 Å². The van der Waals surface area contributed by atoms with Gasteiger partial charge in [-0.2, -0.15) is 0 Å². The number of hydrogen-bond donors (Lipinski definition) is 0. The van der Waals surface area contributed by atoms with Crippen LogP contribution in [-0.2, 0) is 5.75 Å². The fourth-order valence-electron chi connectivity index (χ4n) is 2.33. The lowest BCUT2D eigenvalue weighted by Gasteiger charge is -2.23. The number of nitrogens with zero attached hydrogens (tertiary/aromatic N) is 2. The van der Waals surface area contributed by atoms with Crippen LogP contribution in [-0.4, -0.2) is 9.55 Å². The Kier molecular flexibility index (Phi) is 6.28. The Morgan fingerprint density at radius 3 is 2.42 bits per heavy atom. The predicted octanol–water partition coefficient (Wildman–Crippen LogP) is 6.71. The van der Waals surface area contributed by atoms with Crippen molar-refractivity contribution in [1.29, 1.82) is 0 Å². The van der Waals surface area contributed by atoms with Gasteiger partial charge in [0.2, 0.25) is 0 Å². The molecule has 0 aliphatic heterocycles. The minimum atomic E-state index is -0.228. The quantitative estimate of drug-likeness (QED) is 0.395. The molecule has 124 valence electrons. The van der Waals surface area contributed by atoms with Crippen LogP contribution in [0.4, 0.5) is 0 Å². The van der Waals surface area contributed by atoms with Gasteiger partial charge in [-0.05, 0) is 35.4 Å². The van der Waals surface area contributed by atoms with E-state index in [2.05, 4.69) is 45.2 Å². The Balaban J connectivity index is 1.81. The number of halogens is 3. The molecule has 0 aliphatic carbocycles. The van der Waals surface area contributed by atoms with Crippen molar-refractivity contribution in [2.75, 3.05) is 0 Å². The van der Waals surface area contributed by atoms with Crippen molar-refractivity contribution in [3.8, 4) is 0 Å². The molecule has 0 N–H and O–H groups in total. The summed E-state index contributed by atoms with van der Waals surface area (Å²) in [6.07, 6.45) is 5.38. The summed E-state index contributed by atoms with van der Waals surface area (Å²) in [5.74, 6) is 0.874. The Bertz CT molecular complexity index is 761. The van der Waals surface area contributed by atoms with Crippen molar-refractivity contribution in [3.63, 3.8) is 0 Å². The van der Waals surface area contributed by atoms with Crippen molar-refractivity contribution in [3.05, 3.63) is 87.9 Å². The second-order valence-electron chi connectivity index (χ2n) is 5.29. The van der Waals surface area contributed by atoms with Gasteiger partial charge < -0.3 is 4.57 Å². The Hall–Kier alpha value is -0.940. The first-order valence-electron chi connectivity index (χ1n) is 7.36. The number of thioether (sulfide) groups is 1. The second kappa shape index (κ2) is 8.43. The maximum Gasteiger partial charge on any atom is 0.125 e. The van der Waals surface area contributed by atoms with Crippen LogP contribution in [0.3, 0.4) is 0 Å². The number of imidazole rings is 1. The van der Waals surface area contributed by atoms with Gasteiger partial charge in [0.25, 0.3) is 0 Å². The summed E-state index contributed by atoms with van der Waals surface area (Å²) in [5, 5.41) is 0.811. The van der Waals surface area contributed by atoms with Gasteiger partial charge in [0.15, 0.2) is 0 Å². The molecule has 6 heteroatoms. The summed E-state index contributed by atoms with van der Waals surface area (Å²) in [6, 6.07) is 16.2. The number of hydrogen-bond acceptors (Lipinski definition) is 2. The molecular formula is C18H15BrCl2N2S. The zero-order valence-corrected chi connectivity index (χ0v) is 16.6. The number of aromatic nitrogens is 2. The third-order valence-electron chi connectivity index (χ3n) is 3.60. The van der Waals surface area contributed by atoms with Crippen LogP contribution in [0, 0.1) is 0 Å². The van der Waals surface area contributed by atoms with E-state index in [9.17, 15) is 0 Å². The van der Waals surface area contributed by atoms with Crippen LogP contribution in [0.5, 0.6) is 0 Å². The van der Waals surface area contributed by atoms with Crippen molar-refractivity contribution >= 4 is 50.9 Å². The average Bonchev–Trinajstić information content (AvgIpc) is 3.12. The summed E-state index contributed by atoms with van der Waals surface area (Å²) >= 11 is 18.0. The molecule has 0 saturated heterocycles. The summed E-state index contributed by atoms with van der Waals surface area (Å²) in [6.45, 7) is 0. The molecule has 2 atom stereocenters. The highest BCUT2D eigenvalue weighted by atomic mass is 79.9. The van der Waals surface area contributed by atoms with Crippen LogP contribution >= 0.6 is 50.9 Å². The minimum Gasteiger partial charge on any atom is -0.319 e. The van der Waals surface area contributed by atoms with E-state index in [0.717, 1.165) is 20.8 Å². The van der Waals surface area contributed by atoms with E-state index in [1.165, 1.54) is 5.56 Å². The molecule has 1 heterocycles. The van der Waals surface area contributed by atoms with Crippen molar-refractivity contribution in [1.82, 2.24) is 9.55 Å². The number of benzene rings is 2. The standard InChI is InChI=1S/C18H15BrCl2N2S/c19-15-5-1-13(2-6-15)11-24-17(14-3-7-16(20)8-4-14)18(21)23-10-9-22-12-23/h1-10,12,17-18H,11H2. The predicted molar refractivity (Wildman–Crippen MR) is 107 cm³/mol.